The zero-order chi connectivity index (χ0) is 39.1. The van der Waals surface area contributed by atoms with Gasteiger partial charge in [0, 0.05) is 25.4 Å². The summed E-state index contributed by atoms with van der Waals surface area (Å²) in [7, 11) is 0. The van der Waals surface area contributed by atoms with Crippen molar-refractivity contribution in [2.75, 3.05) is 33.0 Å². The topological polar surface area (TPSA) is 144 Å². The van der Waals surface area contributed by atoms with E-state index < -0.39 is 30.1 Å². The summed E-state index contributed by atoms with van der Waals surface area (Å²) in [4.78, 5) is 55.7. The molecule has 6 rings (SSSR count). The van der Waals surface area contributed by atoms with Gasteiger partial charge in [-0.1, -0.05) is 121 Å². The van der Waals surface area contributed by atoms with E-state index in [1.807, 2.05) is 109 Å². The minimum absolute atomic E-state index is 0.0273. The lowest BCUT2D eigenvalue weighted by atomic mass is 9.98. The highest BCUT2D eigenvalue weighted by atomic mass is 16.6. The molecule has 0 fully saturated rings. The molecule has 0 saturated heterocycles. The molecule has 3 atom stereocenters. The molecule has 4 aromatic rings. The highest BCUT2D eigenvalue weighted by molar-refractivity contribution is 5.86. The van der Waals surface area contributed by atoms with Crippen molar-refractivity contribution < 1.29 is 38.5 Å². The Morgan fingerprint density at radius 2 is 1.46 bits per heavy atom. The van der Waals surface area contributed by atoms with Gasteiger partial charge in [-0.2, -0.15) is 0 Å². The lowest BCUT2D eigenvalue weighted by Gasteiger charge is -2.26. The smallest absolute Gasteiger partial charge is 0.407 e. The standard InChI is InChI=1S/C45H49N3O8/c49-25-24-48(27-32-14-4-1-5-15-32)42(50)26-34-18-8-3-9-23-41(44(52)55-30-35(46-43(34)51)29-54-28-33-16-6-2-7-17-33)47-45(53)56-31-40-38-21-12-10-19-36(38)37-20-11-13-22-39(37)40/h1-8,10-17,19-22,34-35,40-41,49H,9,18,23-31H2,(H,46,51)(H,47,53). The summed E-state index contributed by atoms with van der Waals surface area (Å²) in [5, 5.41) is 15.4. The molecule has 0 aromatic heterocycles. The molecule has 56 heavy (non-hydrogen) atoms. The van der Waals surface area contributed by atoms with Crippen molar-refractivity contribution in [1.29, 1.82) is 0 Å². The lowest BCUT2D eigenvalue weighted by Crippen LogP contribution is -2.47. The Hall–Kier alpha value is -5.78. The number of esters is 1. The van der Waals surface area contributed by atoms with Gasteiger partial charge in [-0.05, 0) is 52.6 Å². The zero-order valence-electron chi connectivity index (χ0n) is 31.4. The quantitative estimate of drug-likeness (QED) is 0.113. The van der Waals surface area contributed by atoms with Crippen LogP contribution in [0.5, 0.6) is 0 Å². The molecule has 3 unspecified atom stereocenters. The van der Waals surface area contributed by atoms with Crippen molar-refractivity contribution in [1.82, 2.24) is 15.5 Å². The van der Waals surface area contributed by atoms with Gasteiger partial charge in [0.25, 0.3) is 0 Å². The van der Waals surface area contributed by atoms with Crippen molar-refractivity contribution in [3.8, 4) is 11.1 Å². The summed E-state index contributed by atoms with van der Waals surface area (Å²) in [5.41, 5.74) is 6.22. The number of aliphatic hydroxyl groups excluding tert-OH is 1. The van der Waals surface area contributed by atoms with Gasteiger partial charge in [0.2, 0.25) is 11.8 Å². The normalized spacial score (nSPS) is 18.6. The van der Waals surface area contributed by atoms with Gasteiger partial charge in [0.05, 0.1) is 31.8 Å². The minimum atomic E-state index is -1.01. The number of amides is 3. The largest absolute Gasteiger partial charge is 0.462 e. The second kappa shape index (κ2) is 20.2. The number of fused-ring (bicyclic) bond motifs is 3. The molecule has 292 valence electrons. The summed E-state index contributed by atoms with van der Waals surface area (Å²) in [6, 6.07) is 33.4. The molecule has 0 saturated carbocycles. The summed E-state index contributed by atoms with van der Waals surface area (Å²) in [6.45, 7) is 0.381. The third-order valence-corrected chi connectivity index (χ3v) is 10.1. The first-order valence-electron chi connectivity index (χ1n) is 19.2. The molecule has 4 aromatic carbocycles. The molecular formula is C45H49N3O8. The van der Waals surface area contributed by atoms with Gasteiger partial charge < -0.3 is 34.9 Å². The van der Waals surface area contributed by atoms with E-state index >= 15 is 0 Å². The van der Waals surface area contributed by atoms with Gasteiger partial charge in [-0.3, -0.25) is 9.59 Å². The fraction of sp³-hybridized carbons (Fsp3) is 0.333. The predicted molar refractivity (Wildman–Crippen MR) is 211 cm³/mol. The van der Waals surface area contributed by atoms with Crippen LogP contribution in [0.25, 0.3) is 11.1 Å². The van der Waals surface area contributed by atoms with E-state index in [1.165, 1.54) is 0 Å². The molecule has 11 nitrogen and oxygen atoms in total. The number of ether oxygens (including phenoxy) is 3. The molecular weight excluding hydrogens is 711 g/mol. The highest BCUT2D eigenvalue weighted by Gasteiger charge is 2.31. The molecule has 2 aliphatic rings. The van der Waals surface area contributed by atoms with Crippen molar-refractivity contribution in [3.05, 3.63) is 144 Å². The van der Waals surface area contributed by atoms with Gasteiger partial charge in [-0.25, -0.2) is 9.59 Å². The number of nitrogens with zero attached hydrogens (tertiary/aromatic N) is 1. The van der Waals surface area contributed by atoms with E-state index in [4.69, 9.17) is 14.2 Å². The number of rotatable bonds is 13. The molecule has 3 N–H and O–H groups in total. The molecule has 1 aliphatic heterocycles. The second-order valence-corrected chi connectivity index (χ2v) is 14.1. The maximum absolute atomic E-state index is 13.8. The first-order chi connectivity index (χ1) is 27.4. The van der Waals surface area contributed by atoms with Gasteiger partial charge in [-0.15, -0.1) is 0 Å². The number of benzene rings is 4. The molecule has 1 heterocycles. The Bertz CT molecular complexity index is 1910. The Balaban J connectivity index is 1.12. The zero-order valence-corrected chi connectivity index (χ0v) is 31.4. The number of carbonyl (C=O) groups excluding carboxylic acids is 4. The molecule has 3 amide bonds. The number of cyclic esters (lactones) is 1. The lowest BCUT2D eigenvalue weighted by molar-refractivity contribution is -0.148. The van der Waals surface area contributed by atoms with Gasteiger partial charge >= 0.3 is 12.1 Å². The summed E-state index contributed by atoms with van der Waals surface area (Å²) in [5.74, 6) is -2.20. The Labute approximate surface area is 327 Å². The van der Waals surface area contributed by atoms with E-state index in [1.54, 1.807) is 4.90 Å². The molecule has 1 aliphatic carbocycles. The third kappa shape index (κ3) is 10.9. The summed E-state index contributed by atoms with van der Waals surface area (Å²) in [6.07, 6.45) is 3.69. The van der Waals surface area contributed by atoms with E-state index in [2.05, 4.69) is 22.8 Å². The Morgan fingerprint density at radius 1 is 0.821 bits per heavy atom. The van der Waals surface area contributed by atoms with Crippen LogP contribution in [-0.4, -0.2) is 78.9 Å². The maximum atomic E-state index is 13.8. The Morgan fingerprint density at radius 3 is 2.14 bits per heavy atom. The number of hydrogen-bond acceptors (Lipinski definition) is 8. The van der Waals surface area contributed by atoms with E-state index in [9.17, 15) is 24.3 Å². The second-order valence-electron chi connectivity index (χ2n) is 14.1. The van der Waals surface area contributed by atoms with Crippen LogP contribution in [0, 0.1) is 5.92 Å². The van der Waals surface area contributed by atoms with Gasteiger partial charge in [0.15, 0.2) is 0 Å². The van der Waals surface area contributed by atoms with Crippen LogP contribution < -0.4 is 10.6 Å². The molecule has 11 heteroatoms. The van der Waals surface area contributed by atoms with Crippen molar-refractivity contribution in [2.24, 2.45) is 5.92 Å². The summed E-state index contributed by atoms with van der Waals surface area (Å²) >= 11 is 0. The number of carbonyl (C=O) groups is 4. The Kier molecular flexibility index (Phi) is 14.4. The third-order valence-electron chi connectivity index (χ3n) is 10.1. The van der Waals surface area contributed by atoms with E-state index in [0.29, 0.717) is 13.0 Å². The average molecular weight is 760 g/mol. The number of nitrogens with one attached hydrogen (secondary N) is 2. The number of alkyl carbamates (subject to hydrolysis) is 1. The first kappa shape index (κ1) is 39.9. The maximum Gasteiger partial charge on any atom is 0.407 e. The molecule has 0 spiro atoms. The van der Waals surface area contributed by atoms with E-state index in [0.717, 1.165) is 33.4 Å². The van der Waals surface area contributed by atoms with E-state index in [-0.39, 0.29) is 76.6 Å². The minimum Gasteiger partial charge on any atom is -0.462 e. The number of aliphatic hydroxyl groups is 1. The van der Waals surface area contributed by atoms with Crippen molar-refractivity contribution in [2.45, 2.75) is 56.8 Å². The van der Waals surface area contributed by atoms with Crippen LogP contribution in [0.4, 0.5) is 4.79 Å². The number of hydrogen-bond donors (Lipinski definition) is 3. The van der Waals surface area contributed by atoms with Gasteiger partial charge in [0.1, 0.15) is 19.3 Å². The van der Waals surface area contributed by atoms with Crippen LogP contribution >= 0.6 is 0 Å². The van der Waals surface area contributed by atoms with Crippen molar-refractivity contribution in [3.63, 3.8) is 0 Å². The van der Waals surface area contributed by atoms with Crippen LogP contribution in [-0.2, 0) is 41.7 Å². The average Bonchev–Trinajstić information content (AvgIpc) is 3.54. The first-order valence-corrected chi connectivity index (χ1v) is 19.2. The van der Waals surface area contributed by atoms with Crippen LogP contribution in [0.1, 0.15) is 53.9 Å². The molecule has 0 radical (unpaired) electrons. The predicted octanol–water partition coefficient (Wildman–Crippen LogP) is 5.91. The van der Waals surface area contributed by atoms with Crippen LogP contribution in [0.3, 0.4) is 0 Å². The summed E-state index contributed by atoms with van der Waals surface area (Å²) < 4.78 is 17.4. The SMILES string of the molecule is O=C(NC1CCC=CCC(CC(=O)N(CCO)Cc2ccccc2)C(=O)NC(COCc2ccccc2)COC1=O)OCC1c2ccccc2-c2ccccc21. The highest BCUT2D eigenvalue weighted by Crippen LogP contribution is 2.44. The number of allylic oxidation sites excluding steroid dienone is 2. The van der Waals surface area contributed by atoms with Crippen LogP contribution in [0.15, 0.2) is 121 Å². The van der Waals surface area contributed by atoms with Crippen LogP contribution in [0.2, 0.25) is 0 Å². The van der Waals surface area contributed by atoms with Crippen molar-refractivity contribution >= 4 is 23.9 Å². The molecule has 0 bridgehead atoms. The fourth-order valence-electron chi connectivity index (χ4n) is 7.14. The fourth-order valence-corrected chi connectivity index (χ4v) is 7.14. The monoisotopic (exact) mass is 759 g/mol.